The van der Waals surface area contributed by atoms with Gasteiger partial charge < -0.3 is 14.9 Å². The highest BCUT2D eigenvalue weighted by molar-refractivity contribution is 6.39. The molecule has 1 fully saturated rings. The molecule has 1 aromatic rings. The van der Waals surface area contributed by atoms with Crippen LogP contribution in [-0.4, -0.2) is 60.7 Å². The number of hydrogen-bond acceptors (Lipinski definition) is 5. The third-order valence-corrected chi connectivity index (χ3v) is 3.06. The molecule has 6 radical (unpaired) electrons. The van der Waals surface area contributed by atoms with Crippen molar-refractivity contribution in [1.29, 1.82) is 0 Å². The van der Waals surface area contributed by atoms with Gasteiger partial charge in [-0.3, -0.25) is 14.3 Å². The molecular weight excluding hydrogens is 268 g/mol. The quantitative estimate of drug-likeness (QED) is 0.492. The minimum atomic E-state index is -3.09. The Hall–Kier alpha value is -1.32. The van der Waals surface area contributed by atoms with Crippen molar-refractivity contribution in [3.05, 3.63) is 33.1 Å². The molecule has 3 atom stereocenters. The molecule has 1 saturated heterocycles. The lowest BCUT2D eigenvalue weighted by Gasteiger charge is -2.36. The second-order valence-corrected chi connectivity index (χ2v) is 4.61. The van der Waals surface area contributed by atoms with E-state index in [1.165, 1.54) is 0 Å². The molecule has 20 heavy (non-hydrogen) atoms. The number of alkyl halides is 1. The molecule has 1 aliphatic heterocycles. The van der Waals surface area contributed by atoms with Gasteiger partial charge in [0.2, 0.25) is 5.85 Å². The minimum absolute atomic E-state index is 0.562. The summed E-state index contributed by atoms with van der Waals surface area (Å²) in [5.74, 6) is -3.09. The summed E-state index contributed by atoms with van der Waals surface area (Å²) in [6, 6.07) is 0.918. The summed E-state index contributed by atoms with van der Waals surface area (Å²) in [6.07, 6.45) is -1.73. The summed E-state index contributed by atoms with van der Waals surface area (Å²) in [4.78, 5) is 24.5. The van der Waals surface area contributed by atoms with Gasteiger partial charge in [0.1, 0.15) is 29.2 Å². The second kappa shape index (κ2) is 4.34. The molecule has 3 N–H and O–H groups in total. The number of ether oxygens (including phenoxy) is 1. The fourth-order valence-electron chi connectivity index (χ4n) is 1.91. The number of nitrogens with one attached hydrogen (secondary N) is 1. The third kappa shape index (κ3) is 2.15. The van der Waals surface area contributed by atoms with Crippen molar-refractivity contribution in [2.24, 2.45) is 0 Å². The van der Waals surface area contributed by atoms with Crippen LogP contribution in [0.1, 0.15) is 6.42 Å². The molecule has 7 nitrogen and oxygen atoms in total. The van der Waals surface area contributed by atoms with E-state index in [1.807, 2.05) is 4.98 Å². The van der Waals surface area contributed by atoms with Crippen LogP contribution in [0.15, 0.2) is 21.9 Å². The molecule has 0 unspecified atom stereocenters. The first-order chi connectivity index (χ1) is 8.99. The number of rotatable bonds is 2. The van der Waals surface area contributed by atoms with Crippen molar-refractivity contribution in [3.8, 4) is 0 Å². The van der Waals surface area contributed by atoms with E-state index >= 15 is 0 Å². The lowest BCUT2D eigenvalue weighted by Crippen LogP contribution is -2.55. The maximum Gasteiger partial charge on any atom is 0.330 e. The number of hydrogen-bond donors (Lipinski definition) is 3. The number of nitrogens with zero attached hydrogens (tertiary/aromatic N) is 1. The van der Waals surface area contributed by atoms with Crippen LogP contribution in [0, 0.1) is 0 Å². The summed E-state index contributed by atoms with van der Waals surface area (Å²) < 4.78 is 19.6. The van der Waals surface area contributed by atoms with Gasteiger partial charge in [-0.1, -0.05) is 0 Å². The summed E-state index contributed by atoms with van der Waals surface area (Å²) >= 11 is 0. The van der Waals surface area contributed by atoms with Gasteiger partial charge in [-0.2, -0.15) is 0 Å². The van der Waals surface area contributed by atoms with Gasteiger partial charge in [0.05, 0.1) is 6.10 Å². The molecule has 11 heteroatoms. The molecule has 0 aromatic carbocycles. The van der Waals surface area contributed by atoms with Gasteiger partial charge in [-0.05, 0) is 0 Å². The highest BCUT2D eigenvalue weighted by Gasteiger charge is 2.60. The number of aromatic amines is 1. The molecule has 0 spiro atoms. The first-order valence-corrected chi connectivity index (χ1v) is 5.48. The molecule has 2 rings (SSSR count). The zero-order valence-electron chi connectivity index (χ0n) is 10.1. The Morgan fingerprint density at radius 3 is 2.60 bits per heavy atom. The Kier molecular flexibility index (Phi) is 3.27. The molecular formula is C9H8B3FN2O5. The SMILES string of the molecule is [B]C([B])(O)[C@]1(F)C[C@@H](O)[C@]([B])(n2ccc(=O)[nH]c2=O)O1. The first kappa shape index (κ1) is 15.1. The largest absolute Gasteiger partial charge is 0.403 e. The van der Waals surface area contributed by atoms with Crippen LogP contribution >= 0.6 is 0 Å². The Balaban J connectivity index is 2.51. The third-order valence-electron chi connectivity index (χ3n) is 3.06. The van der Waals surface area contributed by atoms with Crippen LogP contribution in [0.25, 0.3) is 0 Å². The van der Waals surface area contributed by atoms with E-state index in [1.54, 1.807) is 0 Å². The smallest absolute Gasteiger partial charge is 0.330 e. The normalized spacial score (nSPS) is 34.2. The molecule has 2 heterocycles. The van der Waals surface area contributed by atoms with E-state index < -0.39 is 40.7 Å². The fourth-order valence-corrected chi connectivity index (χ4v) is 1.91. The molecule has 0 amide bonds. The average Bonchev–Trinajstić information content (AvgIpc) is 2.50. The van der Waals surface area contributed by atoms with Crippen molar-refractivity contribution in [2.45, 2.75) is 29.4 Å². The van der Waals surface area contributed by atoms with Crippen molar-refractivity contribution >= 4 is 23.5 Å². The van der Waals surface area contributed by atoms with Crippen LogP contribution in [0.5, 0.6) is 0 Å². The van der Waals surface area contributed by atoms with Gasteiger partial charge >= 0.3 is 5.69 Å². The van der Waals surface area contributed by atoms with Gasteiger partial charge in [0.25, 0.3) is 5.56 Å². The Morgan fingerprint density at radius 1 is 1.55 bits per heavy atom. The van der Waals surface area contributed by atoms with Gasteiger partial charge in [0, 0.05) is 24.1 Å². The van der Waals surface area contributed by atoms with Crippen molar-refractivity contribution in [3.63, 3.8) is 0 Å². The van der Waals surface area contributed by atoms with E-state index in [-0.39, 0.29) is 0 Å². The summed E-state index contributed by atoms with van der Waals surface area (Å²) in [5, 5.41) is 16.2. The first-order valence-electron chi connectivity index (χ1n) is 5.48. The zero-order valence-corrected chi connectivity index (χ0v) is 10.1. The number of H-pyrrole nitrogens is 1. The van der Waals surface area contributed by atoms with E-state index in [2.05, 4.69) is 0 Å². The van der Waals surface area contributed by atoms with Gasteiger partial charge in [-0.15, -0.1) is 0 Å². The molecule has 0 saturated carbocycles. The minimum Gasteiger partial charge on any atom is -0.403 e. The van der Waals surface area contributed by atoms with Gasteiger partial charge in [0.15, 0.2) is 0 Å². The predicted octanol–water partition coefficient (Wildman–Crippen LogP) is -3.25. The molecule has 1 aliphatic rings. The van der Waals surface area contributed by atoms with Crippen LogP contribution in [0.3, 0.4) is 0 Å². The van der Waals surface area contributed by atoms with Crippen LogP contribution in [0.2, 0.25) is 0 Å². The van der Waals surface area contributed by atoms with Crippen molar-refractivity contribution < 1.29 is 19.3 Å². The standard InChI is InChI=1S/C9H8B3FN2O5/c10-8(15-2-1-5(17)14-6(15)18)4(16)3-7(13,20-8)9(11,12)19/h1-2,4,16,19H,3H2,(H,14,17,18)/t4-,7+,8+/m1/s1. The molecule has 0 aliphatic carbocycles. The summed E-state index contributed by atoms with van der Waals surface area (Å²) in [7, 11) is 15.7. The molecule has 1 aromatic heterocycles. The average molecular weight is 276 g/mol. The summed E-state index contributed by atoms with van der Waals surface area (Å²) in [6.45, 7) is 0. The molecule has 100 valence electrons. The highest BCUT2D eigenvalue weighted by atomic mass is 19.2. The lowest BCUT2D eigenvalue weighted by molar-refractivity contribution is -0.222. The predicted molar refractivity (Wildman–Crippen MR) is 67.1 cm³/mol. The highest BCUT2D eigenvalue weighted by Crippen LogP contribution is 2.43. The molecule has 0 bridgehead atoms. The van der Waals surface area contributed by atoms with Crippen molar-refractivity contribution in [1.82, 2.24) is 9.55 Å². The monoisotopic (exact) mass is 276 g/mol. The summed E-state index contributed by atoms with van der Waals surface area (Å²) in [5.41, 5.74) is -4.15. The number of halogens is 1. The van der Waals surface area contributed by atoms with Gasteiger partial charge in [-0.25, -0.2) is 9.18 Å². The zero-order chi connectivity index (χ0) is 15.3. The maximum absolute atomic E-state index is 14.3. The Morgan fingerprint density at radius 2 is 2.15 bits per heavy atom. The number of aromatic nitrogens is 2. The van der Waals surface area contributed by atoms with E-state index in [9.17, 15) is 24.2 Å². The van der Waals surface area contributed by atoms with Crippen molar-refractivity contribution in [2.75, 3.05) is 0 Å². The van der Waals surface area contributed by atoms with E-state index in [0.29, 0.717) is 4.57 Å². The maximum atomic E-state index is 14.3. The van der Waals surface area contributed by atoms with Crippen LogP contribution in [0.4, 0.5) is 4.39 Å². The van der Waals surface area contributed by atoms with E-state index in [4.69, 9.17) is 28.3 Å². The number of aliphatic hydroxyl groups excluding tert-OH is 1. The topological polar surface area (TPSA) is 105 Å². The Bertz CT molecular complexity index is 643. The fraction of sp³-hybridized carbons (Fsp3) is 0.556. The Labute approximate surface area is 116 Å². The lowest BCUT2D eigenvalue weighted by atomic mass is 9.60. The number of aliphatic hydroxyl groups is 2. The second-order valence-electron chi connectivity index (χ2n) is 4.61. The van der Waals surface area contributed by atoms with Crippen LogP contribution < -0.4 is 11.2 Å². The van der Waals surface area contributed by atoms with E-state index in [0.717, 1.165) is 12.3 Å². The van der Waals surface area contributed by atoms with Crippen LogP contribution in [-0.2, 0) is 10.4 Å².